The standard InChI is InChI=1S/C41H27N/c1-28(32-19-17-30-10-2-4-12-33(30)23-32)21-40(35-15-8-9-29(22-35)27-42)38-25-36-14-6-7-16-39(36)41(26-38)37-20-18-31-11-3-5-13-34(31)24-37/h2-26H,1H2/b40-21-. The second kappa shape index (κ2) is 10.7. The molecular formula is C41H27N. The Morgan fingerprint density at radius 3 is 1.93 bits per heavy atom. The Labute approximate surface area is 245 Å². The van der Waals surface area contributed by atoms with Crippen LogP contribution in [0.15, 0.2) is 158 Å². The first-order valence-corrected chi connectivity index (χ1v) is 14.1. The first-order valence-electron chi connectivity index (χ1n) is 14.1. The molecule has 0 heterocycles. The fourth-order valence-electron chi connectivity index (χ4n) is 5.80. The van der Waals surface area contributed by atoms with E-state index < -0.39 is 0 Å². The summed E-state index contributed by atoms with van der Waals surface area (Å²) < 4.78 is 0. The van der Waals surface area contributed by atoms with Gasteiger partial charge in [0.05, 0.1) is 11.6 Å². The van der Waals surface area contributed by atoms with E-state index in [-0.39, 0.29) is 0 Å². The van der Waals surface area contributed by atoms with Crippen molar-refractivity contribution in [2.45, 2.75) is 0 Å². The second-order valence-electron chi connectivity index (χ2n) is 10.6. The Balaban J connectivity index is 1.44. The Morgan fingerprint density at radius 1 is 0.524 bits per heavy atom. The average Bonchev–Trinajstić information content (AvgIpc) is 3.06. The van der Waals surface area contributed by atoms with Crippen molar-refractivity contribution in [3.8, 4) is 17.2 Å². The quantitative estimate of drug-likeness (QED) is 0.202. The highest BCUT2D eigenvalue weighted by atomic mass is 14.2. The van der Waals surface area contributed by atoms with Gasteiger partial charge in [-0.1, -0.05) is 116 Å². The third kappa shape index (κ3) is 4.77. The zero-order valence-electron chi connectivity index (χ0n) is 23.1. The van der Waals surface area contributed by atoms with Gasteiger partial charge in [-0.3, -0.25) is 0 Å². The number of benzene rings is 7. The van der Waals surface area contributed by atoms with E-state index in [2.05, 4.69) is 146 Å². The van der Waals surface area contributed by atoms with E-state index in [1.807, 2.05) is 18.2 Å². The molecule has 0 aliphatic carbocycles. The predicted molar refractivity (Wildman–Crippen MR) is 178 cm³/mol. The molecular weight excluding hydrogens is 506 g/mol. The van der Waals surface area contributed by atoms with E-state index in [1.54, 1.807) is 0 Å². The number of hydrogen-bond acceptors (Lipinski definition) is 1. The maximum atomic E-state index is 9.71. The summed E-state index contributed by atoms with van der Waals surface area (Å²) in [5.74, 6) is 0. The maximum Gasteiger partial charge on any atom is 0.0991 e. The number of hydrogen-bond donors (Lipinski definition) is 0. The lowest BCUT2D eigenvalue weighted by molar-refractivity contribution is 1.47. The van der Waals surface area contributed by atoms with E-state index in [9.17, 15) is 5.26 Å². The number of fused-ring (bicyclic) bond motifs is 3. The number of allylic oxidation sites excluding steroid dienone is 2. The molecule has 42 heavy (non-hydrogen) atoms. The molecule has 7 aromatic rings. The minimum Gasteiger partial charge on any atom is -0.192 e. The predicted octanol–water partition coefficient (Wildman–Crippen LogP) is 10.8. The molecule has 0 atom stereocenters. The van der Waals surface area contributed by atoms with Gasteiger partial charge in [0, 0.05) is 0 Å². The Morgan fingerprint density at radius 2 is 1.17 bits per heavy atom. The summed E-state index contributed by atoms with van der Waals surface area (Å²) in [5, 5.41) is 16.9. The molecule has 0 radical (unpaired) electrons. The van der Waals surface area contributed by atoms with Gasteiger partial charge >= 0.3 is 0 Å². The lowest BCUT2D eigenvalue weighted by atomic mass is 9.88. The zero-order chi connectivity index (χ0) is 28.5. The Hall–Kier alpha value is -5.71. The lowest BCUT2D eigenvalue weighted by Gasteiger charge is -2.16. The van der Waals surface area contributed by atoms with Gasteiger partial charge in [-0.25, -0.2) is 0 Å². The van der Waals surface area contributed by atoms with Crippen LogP contribution in [0.25, 0.3) is 54.6 Å². The topological polar surface area (TPSA) is 23.8 Å². The van der Waals surface area contributed by atoms with E-state index in [4.69, 9.17) is 0 Å². The largest absolute Gasteiger partial charge is 0.192 e. The summed E-state index contributed by atoms with van der Waals surface area (Å²) >= 11 is 0. The van der Waals surface area contributed by atoms with E-state index >= 15 is 0 Å². The van der Waals surface area contributed by atoms with Crippen LogP contribution in [-0.4, -0.2) is 0 Å². The van der Waals surface area contributed by atoms with Crippen molar-refractivity contribution in [1.29, 1.82) is 5.26 Å². The van der Waals surface area contributed by atoms with Crippen LogP contribution in [0.1, 0.15) is 22.3 Å². The van der Waals surface area contributed by atoms with E-state index in [1.165, 1.54) is 38.1 Å². The van der Waals surface area contributed by atoms with Gasteiger partial charge in [0.2, 0.25) is 0 Å². The molecule has 0 spiro atoms. The van der Waals surface area contributed by atoms with Crippen molar-refractivity contribution >= 4 is 43.5 Å². The third-order valence-electron chi connectivity index (χ3n) is 7.97. The molecule has 196 valence electrons. The fraction of sp³-hybridized carbons (Fsp3) is 0. The summed E-state index contributed by atoms with van der Waals surface area (Å²) in [5.41, 5.74) is 8.04. The van der Waals surface area contributed by atoms with Crippen molar-refractivity contribution in [2.75, 3.05) is 0 Å². The SMILES string of the molecule is C=C(/C=C(/c1cccc(C#N)c1)c1cc(-c2ccc3ccccc3c2)c2ccccc2c1)c1ccc2ccccc2c1. The molecule has 7 aromatic carbocycles. The van der Waals surface area contributed by atoms with Crippen LogP contribution in [0.2, 0.25) is 0 Å². The summed E-state index contributed by atoms with van der Waals surface area (Å²) in [7, 11) is 0. The molecule has 0 fully saturated rings. The molecule has 0 amide bonds. The highest BCUT2D eigenvalue weighted by Gasteiger charge is 2.13. The molecule has 1 nitrogen and oxygen atoms in total. The molecule has 0 aliphatic heterocycles. The monoisotopic (exact) mass is 533 g/mol. The molecule has 0 unspecified atom stereocenters. The number of rotatable bonds is 5. The minimum absolute atomic E-state index is 0.630. The Kier molecular flexibility index (Phi) is 6.43. The van der Waals surface area contributed by atoms with Gasteiger partial charge in [0.15, 0.2) is 0 Å². The highest BCUT2D eigenvalue weighted by molar-refractivity contribution is 6.03. The van der Waals surface area contributed by atoms with Crippen molar-refractivity contribution < 1.29 is 0 Å². The van der Waals surface area contributed by atoms with Gasteiger partial charge in [-0.2, -0.15) is 5.26 Å². The maximum absolute atomic E-state index is 9.71. The fourth-order valence-corrected chi connectivity index (χ4v) is 5.80. The first-order chi connectivity index (χ1) is 20.7. The van der Waals surface area contributed by atoms with Crippen LogP contribution < -0.4 is 0 Å². The van der Waals surface area contributed by atoms with Gasteiger partial charge < -0.3 is 0 Å². The lowest BCUT2D eigenvalue weighted by Crippen LogP contribution is -1.93. The molecule has 0 aromatic heterocycles. The van der Waals surface area contributed by atoms with Crippen molar-refractivity contribution in [3.05, 3.63) is 181 Å². The smallest absolute Gasteiger partial charge is 0.0991 e. The second-order valence-corrected chi connectivity index (χ2v) is 10.6. The number of nitriles is 1. The minimum atomic E-state index is 0.630. The Bertz CT molecular complexity index is 2230. The first kappa shape index (κ1) is 25.3. The van der Waals surface area contributed by atoms with Crippen LogP contribution in [0.4, 0.5) is 0 Å². The van der Waals surface area contributed by atoms with Gasteiger partial charge in [0.1, 0.15) is 0 Å². The van der Waals surface area contributed by atoms with Crippen LogP contribution in [0.3, 0.4) is 0 Å². The zero-order valence-corrected chi connectivity index (χ0v) is 23.1. The molecule has 0 aliphatic rings. The third-order valence-corrected chi connectivity index (χ3v) is 7.97. The summed E-state index contributed by atoms with van der Waals surface area (Å²) in [6, 6.07) is 53.2. The molecule has 0 saturated carbocycles. The van der Waals surface area contributed by atoms with Crippen LogP contribution in [0.5, 0.6) is 0 Å². The van der Waals surface area contributed by atoms with Gasteiger partial charge in [-0.05, 0) is 114 Å². The molecule has 7 rings (SSSR count). The van der Waals surface area contributed by atoms with E-state index in [0.717, 1.165) is 33.2 Å². The van der Waals surface area contributed by atoms with Gasteiger partial charge in [0.25, 0.3) is 0 Å². The van der Waals surface area contributed by atoms with Crippen molar-refractivity contribution in [3.63, 3.8) is 0 Å². The summed E-state index contributed by atoms with van der Waals surface area (Å²) in [4.78, 5) is 0. The summed E-state index contributed by atoms with van der Waals surface area (Å²) in [6.07, 6.45) is 2.16. The average molecular weight is 534 g/mol. The molecule has 0 saturated heterocycles. The van der Waals surface area contributed by atoms with Crippen LogP contribution >= 0.6 is 0 Å². The highest BCUT2D eigenvalue weighted by Crippen LogP contribution is 2.37. The molecule has 0 bridgehead atoms. The van der Waals surface area contributed by atoms with Gasteiger partial charge in [-0.15, -0.1) is 0 Å². The van der Waals surface area contributed by atoms with Crippen molar-refractivity contribution in [1.82, 2.24) is 0 Å². The van der Waals surface area contributed by atoms with Crippen molar-refractivity contribution in [2.24, 2.45) is 0 Å². The van der Waals surface area contributed by atoms with Crippen LogP contribution in [-0.2, 0) is 0 Å². The number of nitrogens with zero attached hydrogens (tertiary/aromatic N) is 1. The molecule has 1 heteroatoms. The summed E-state index contributed by atoms with van der Waals surface area (Å²) in [6.45, 7) is 4.50. The van der Waals surface area contributed by atoms with E-state index in [0.29, 0.717) is 5.56 Å². The molecule has 0 N–H and O–H groups in total. The van der Waals surface area contributed by atoms with Crippen LogP contribution in [0, 0.1) is 11.3 Å². The normalized spacial score (nSPS) is 11.5.